The van der Waals surface area contributed by atoms with Crippen LogP contribution in [0.15, 0.2) is 60.7 Å². The second kappa shape index (κ2) is 4.81. The second-order valence-electron chi connectivity index (χ2n) is 5.02. The van der Waals surface area contributed by atoms with Crippen molar-refractivity contribution in [1.29, 1.82) is 0 Å². The number of aromatic nitrogens is 1. The van der Waals surface area contributed by atoms with Gasteiger partial charge in [-0.05, 0) is 25.1 Å². The van der Waals surface area contributed by atoms with Crippen molar-refractivity contribution in [2.75, 3.05) is 0 Å². The molecule has 0 aliphatic heterocycles. The molecule has 0 radical (unpaired) electrons. The first-order valence-corrected chi connectivity index (χ1v) is 6.57. The first kappa shape index (κ1) is 13.5. The number of halogens is 2. The Bertz CT molecular complexity index is 815. The smallest absolute Gasteiger partial charge is 0.356 e. The first-order valence-electron chi connectivity index (χ1n) is 6.57. The zero-order valence-corrected chi connectivity index (χ0v) is 11.4. The lowest BCUT2D eigenvalue weighted by Crippen LogP contribution is -2.39. The van der Waals surface area contributed by atoms with Crippen LogP contribution in [-0.4, -0.2) is 0 Å². The monoisotopic (exact) mass is 285 g/mol. The van der Waals surface area contributed by atoms with Crippen LogP contribution in [0.25, 0.3) is 10.9 Å². The van der Waals surface area contributed by atoms with Crippen LogP contribution < -0.4 is 4.73 Å². The SMILES string of the molecule is Cc1cccc(C(F)(F)c2ccc3ccccc3[n+]2[O-])c1. The predicted octanol–water partition coefficient (Wildman–Crippen LogP) is 3.92. The Labute approximate surface area is 120 Å². The number of fused-ring (bicyclic) bond motifs is 1. The summed E-state index contributed by atoms with van der Waals surface area (Å²) in [6.45, 7) is 1.74. The molecule has 0 unspecified atom stereocenters. The standard InChI is InChI=1S/C17H13F2NO/c1-12-5-4-7-14(11-12)17(18,19)16-10-9-13-6-2-3-8-15(13)20(16)21/h2-11H,1H3. The number of rotatable bonds is 2. The molecule has 0 aliphatic rings. The third kappa shape index (κ3) is 2.23. The van der Waals surface area contributed by atoms with Crippen molar-refractivity contribution in [3.05, 3.63) is 82.7 Å². The summed E-state index contributed by atoms with van der Waals surface area (Å²) < 4.78 is 29.6. The van der Waals surface area contributed by atoms with Gasteiger partial charge in [0.2, 0.25) is 5.52 Å². The van der Waals surface area contributed by atoms with E-state index in [1.165, 1.54) is 24.3 Å². The van der Waals surface area contributed by atoms with Crippen molar-refractivity contribution in [3.63, 3.8) is 0 Å². The summed E-state index contributed by atoms with van der Waals surface area (Å²) in [5, 5.41) is 12.9. The molecule has 2 nitrogen and oxygen atoms in total. The van der Waals surface area contributed by atoms with E-state index in [0.717, 1.165) is 5.56 Å². The number of alkyl halides is 2. The van der Waals surface area contributed by atoms with Crippen molar-refractivity contribution in [3.8, 4) is 0 Å². The average Bonchev–Trinajstić information content (AvgIpc) is 2.47. The van der Waals surface area contributed by atoms with Gasteiger partial charge in [-0.15, -0.1) is 0 Å². The molecule has 0 fully saturated rings. The van der Waals surface area contributed by atoms with E-state index in [1.807, 2.05) is 0 Å². The Morgan fingerprint density at radius 2 is 1.71 bits per heavy atom. The quantitative estimate of drug-likeness (QED) is 0.518. The van der Waals surface area contributed by atoms with Gasteiger partial charge in [0.05, 0.1) is 0 Å². The van der Waals surface area contributed by atoms with Crippen molar-refractivity contribution < 1.29 is 13.5 Å². The molecular formula is C17H13F2NO. The molecule has 2 aromatic carbocycles. The van der Waals surface area contributed by atoms with Crippen molar-refractivity contribution >= 4 is 10.9 Å². The molecule has 0 spiro atoms. The zero-order chi connectivity index (χ0) is 15.0. The van der Waals surface area contributed by atoms with Gasteiger partial charge < -0.3 is 5.21 Å². The van der Waals surface area contributed by atoms with Gasteiger partial charge in [-0.3, -0.25) is 0 Å². The Balaban J connectivity index is 2.21. The maximum absolute atomic E-state index is 14.6. The zero-order valence-electron chi connectivity index (χ0n) is 11.4. The average molecular weight is 285 g/mol. The summed E-state index contributed by atoms with van der Waals surface area (Å²) >= 11 is 0. The highest BCUT2D eigenvalue weighted by atomic mass is 19.3. The fraction of sp³-hybridized carbons (Fsp3) is 0.118. The molecule has 3 aromatic rings. The lowest BCUT2D eigenvalue weighted by Gasteiger charge is -2.17. The van der Waals surface area contributed by atoms with Crippen LogP contribution in [0.5, 0.6) is 0 Å². The number of aryl methyl sites for hydroxylation is 1. The maximum atomic E-state index is 14.6. The molecule has 1 aromatic heterocycles. The Morgan fingerprint density at radius 1 is 0.952 bits per heavy atom. The van der Waals surface area contributed by atoms with E-state index in [-0.39, 0.29) is 11.1 Å². The second-order valence-corrected chi connectivity index (χ2v) is 5.02. The summed E-state index contributed by atoms with van der Waals surface area (Å²) in [5.74, 6) is -3.34. The van der Waals surface area contributed by atoms with E-state index in [2.05, 4.69) is 0 Å². The van der Waals surface area contributed by atoms with Crippen molar-refractivity contribution in [2.24, 2.45) is 0 Å². The molecule has 106 valence electrons. The van der Waals surface area contributed by atoms with Crippen LogP contribution in [0.3, 0.4) is 0 Å². The molecule has 0 N–H and O–H groups in total. The molecular weight excluding hydrogens is 272 g/mol. The lowest BCUT2D eigenvalue weighted by atomic mass is 10.0. The van der Waals surface area contributed by atoms with Gasteiger partial charge in [0, 0.05) is 23.1 Å². The largest absolute Gasteiger partial charge is 0.618 e. The highest BCUT2D eigenvalue weighted by molar-refractivity contribution is 5.75. The normalized spacial score (nSPS) is 11.8. The highest BCUT2D eigenvalue weighted by Gasteiger charge is 2.42. The van der Waals surface area contributed by atoms with E-state index in [1.54, 1.807) is 43.3 Å². The van der Waals surface area contributed by atoms with Crippen LogP contribution in [-0.2, 0) is 5.92 Å². The number of nitrogens with zero attached hydrogens (tertiary/aromatic N) is 1. The van der Waals surface area contributed by atoms with Gasteiger partial charge in [-0.1, -0.05) is 35.9 Å². The van der Waals surface area contributed by atoms with E-state index in [4.69, 9.17) is 0 Å². The van der Waals surface area contributed by atoms with Crippen molar-refractivity contribution in [1.82, 2.24) is 0 Å². The summed E-state index contributed by atoms with van der Waals surface area (Å²) in [6.07, 6.45) is 0. The summed E-state index contributed by atoms with van der Waals surface area (Å²) in [5.41, 5.74) is 0.224. The molecule has 0 aliphatic carbocycles. The highest BCUT2D eigenvalue weighted by Crippen LogP contribution is 2.34. The minimum absolute atomic E-state index is 0.178. The number of pyridine rings is 1. The van der Waals surface area contributed by atoms with E-state index in [0.29, 0.717) is 10.1 Å². The van der Waals surface area contributed by atoms with Gasteiger partial charge in [-0.25, -0.2) is 0 Å². The molecule has 0 saturated heterocycles. The third-order valence-corrected chi connectivity index (χ3v) is 3.50. The lowest BCUT2D eigenvalue weighted by molar-refractivity contribution is -0.596. The number of hydrogen-bond donors (Lipinski definition) is 0. The predicted molar refractivity (Wildman–Crippen MR) is 77.1 cm³/mol. The number of para-hydroxylation sites is 1. The van der Waals surface area contributed by atoms with Crippen LogP contribution >= 0.6 is 0 Å². The number of benzene rings is 2. The van der Waals surface area contributed by atoms with Gasteiger partial charge in [0.25, 0.3) is 5.69 Å². The molecule has 0 saturated carbocycles. The minimum Gasteiger partial charge on any atom is -0.618 e. The minimum atomic E-state index is -3.34. The molecule has 3 rings (SSSR count). The molecule has 0 bridgehead atoms. The molecule has 1 heterocycles. The first-order chi connectivity index (χ1) is 10.00. The maximum Gasteiger partial charge on any atom is 0.356 e. The topological polar surface area (TPSA) is 26.9 Å². The van der Waals surface area contributed by atoms with Crippen molar-refractivity contribution in [2.45, 2.75) is 12.8 Å². The van der Waals surface area contributed by atoms with Gasteiger partial charge in [-0.2, -0.15) is 13.5 Å². The molecule has 21 heavy (non-hydrogen) atoms. The summed E-state index contributed by atoms with van der Waals surface area (Å²) in [7, 11) is 0. The van der Waals surface area contributed by atoms with E-state index in [9.17, 15) is 14.0 Å². The fourth-order valence-electron chi connectivity index (χ4n) is 2.40. The van der Waals surface area contributed by atoms with Gasteiger partial charge in [0.1, 0.15) is 0 Å². The molecule has 4 heteroatoms. The van der Waals surface area contributed by atoms with E-state index >= 15 is 0 Å². The molecule has 0 atom stereocenters. The van der Waals surface area contributed by atoms with E-state index < -0.39 is 11.6 Å². The van der Waals surface area contributed by atoms with Gasteiger partial charge in [0.15, 0.2) is 0 Å². The Morgan fingerprint density at radius 3 is 2.48 bits per heavy atom. The van der Waals surface area contributed by atoms with Gasteiger partial charge >= 0.3 is 5.92 Å². The third-order valence-electron chi connectivity index (χ3n) is 3.50. The summed E-state index contributed by atoms with van der Waals surface area (Å²) in [4.78, 5) is 0. The summed E-state index contributed by atoms with van der Waals surface area (Å²) in [6, 6.07) is 15.5. The van der Waals surface area contributed by atoms with Crippen LogP contribution in [0.4, 0.5) is 8.78 Å². The van der Waals surface area contributed by atoms with Crippen LogP contribution in [0.1, 0.15) is 16.8 Å². The fourth-order valence-corrected chi connectivity index (χ4v) is 2.40. The van der Waals surface area contributed by atoms with Crippen LogP contribution in [0.2, 0.25) is 0 Å². The Hall–Kier alpha value is -2.49. The number of hydrogen-bond acceptors (Lipinski definition) is 1. The Kier molecular flexibility index (Phi) is 3.09. The van der Waals surface area contributed by atoms with Crippen LogP contribution in [0, 0.1) is 12.1 Å². The molecule has 0 amide bonds.